The van der Waals surface area contributed by atoms with E-state index in [9.17, 15) is 19.5 Å². The van der Waals surface area contributed by atoms with Crippen molar-refractivity contribution >= 4 is 52.4 Å². The quantitative estimate of drug-likeness (QED) is 0.297. The highest BCUT2D eigenvalue weighted by Crippen LogP contribution is 2.32. The van der Waals surface area contributed by atoms with E-state index in [4.69, 9.17) is 33.7 Å². The van der Waals surface area contributed by atoms with Gasteiger partial charge in [0, 0.05) is 83.2 Å². The summed E-state index contributed by atoms with van der Waals surface area (Å²) in [7, 11) is 0. The lowest BCUT2D eigenvalue weighted by molar-refractivity contribution is -0.143. The van der Waals surface area contributed by atoms with Crippen LogP contribution in [0.2, 0.25) is 10.0 Å². The number of benzene rings is 2. The predicted octanol–water partition coefficient (Wildman–Crippen LogP) is 4.19. The highest BCUT2D eigenvalue weighted by atomic mass is 35.5. The molecule has 4 heterocycles. The summed E-state index contributed by atoms with van der Waals surface area (Å²) in [6, 6.07) is 8.66. The molecule has 0 unspecified atom stereocenters. The number of hydrogen-bond donors (Lipinski definition) is 3. The lowest BCUT2D eigenvalue weighted by Crippen LogP contribution is -2.54. The number of halogens is 2. The molecule has 1 atom stereocenters. The largest absolute Gasteiger partial charge is 0.508 e. The number of carbonyl (C=O) groups is 3. The second-order valence-electron chi connectivity index (χ2n) is 12.8. The molecule has 6 rings (SSSR count). The summed E-state index contributed by atoms with van der Waals surface area (Å²) in [6.07, 6.45) is 3.67. The van der Waals surface area contributed by atoms with E-state index in [2.05, 4.69) is 10.2 Å². The molecule has 0 aliphatic carbocycles. The number of nitrogens with two attached hydrogens (primary N) is 1. The van der Waals surface area contributed by atoms with Gasteiger partial charge in [0.25, 0.3) is 0 Å². The van der Waals surface area contributed by atoms with Crippen molar-refractivity contribution in [3.8, 4) is 5.75 Å². The molecule has 0 aromatic heterocycles. The number of piperidine rings is 1. The number of fused-ring (bicyclic) bond motifs is 1. The van der Waals surface area contributed by atoms with Crippen LogP contribution in [0.15, 0.2) is 30.3 Å². The maximum Gasteiger partial charge on any atom is 0.322 e. The Labute approximate surface area is 279 Å². The monoisotopic (exact) mass is 672 g/mol. The van der Waals surface area contributed by atoms with Gasteiger partial charge in [0.2, 0.25) is 11.8 Å². The predicted molar refractivity (Wildman–Crippen MR) is 177 cm³/mol. The number of hydrogen-bond acceptors (Lipinski definition) is 7. The lowest BCUT2D eigenvalue weighted by atomic mass is 9.92. The number of carbonyl (C=O) groups excluding carboxylic acids is 3. The van der Waals surface area contributed by atoms with Gasteiger partial charge in [-0.1, -0.05) is 23.2 Å². The number of ether oxygens (including phenoxy) is 1. The van der Waals surface area contributed by atoms with Gasteiger partial charge in [-0.25, -0.2) is 4.79 Å². The van der Waals surface area contributed by atoms with Gasteiger partial charge in [-0.05, 0) is 73.6 Å². The summed E-state index contributed by atoms with van der Waals surface area (Å²) in [5, 5.41) is 13.5. The molecule has 4 aliphatic heterocycles. The summed E-state index contributed by atoms with van der Waals surface area (Å²) < 4.78 is 5.52. The summed E-state index contributed by atoms with van der Waals surface area (Å²) in [5.74, 6) is -0.536. The van der Waals surface area contributed by atoms with Crippen LogP contribution in [0.25, 0.3) is 0 Å². The van der Waals surface area contributed by atoms with Gasteiger partial charge in [0.1, 0.15) is 5.75 Å². The normalized spacial score (nSPS) is 20.7. The second-order valence-corrected chi connectivity index (χ2v) is 13.6. The standard InChI is InChI=1S/C33H42Cl2N6O5/c34-27-16-21(17-28(35)31(27)36)15-22(32(44)40-11-9-38(10-12-40)24-5-13-46-14-6-24)19-30(43)39-7-3-25(4-8-39)41-20-23-18-26(42)1-2-29(23)37-33(41)45/h1-2,16-18,22,24-25,42H,3-15,19-20,36H2,(H,37,45)/t22-/m0/s1. The Kier molecular flexibility index (Phi) is 10.1. The van der Waals surface area contributed by atoms with Crippen LogP contribution in [-0.2, 0) is 27.3 Å². The molecule has 3 saturated heterocycles. The van der Waals surface area contributed by atoms with Crippen molar-refractivity contribution in [3.63, 3.8) is 0 Å². The number of urea groups is 1. The Hall–Kier alpha value is -3.25. The fourth-order valence-electron chi connectivity index (χ4n) is 7.24. The first-order valence-corrected chi connectivity index (χ1v) is 16.9. The second kappa shape index (κ2) is 14.3. The van der Waals surface area contributed by atoms with Crippen molar-refractivity contribution < 1.29 is 24.2 Å². The Balaban J connectivity index is 1.09. The Morgan fingerprint density at radius 1 is 0.935 bits per heavy atom. The minimum absolute atomic E-state index is 0.0363. The van der Waals surface area contributed by atoms with E-state index in [1.807, 2.05) is 9.80 Å². The fourth-order valence-corrected chi connectivity index (χ4v) is 7.77. The zero-order chi connectivity index (χ0) is 32.4. The number of phenols is 1. The van der Waals surface area contributed by atoms with Crippen molar-refractivity contribution in [1.82, 2.24) is 19.6 Å². The van der Waals surface area contributed by atoms with Crippen LogP contribution in [-0.4, -0.2) is 107 Å². The Morgan fingerprint density at radius 3 is 2.28 bits per heavy atom. The number of nitrogens with zero attached hydrogens (tertiary/aromatic N) is 4. The van der Waals surface area contributed by atoms with Crippen LogP contribution in [0.5, 0.6) is 5.75 Å². The van der Waals surface area contributed by atoms with Crippen LogP contribution >= 0.6 is 23.2 Å². The zero-order valence-corrected chi connectivity index (χ0v) is 27.4. The van der Waals surface area contributed by atoms with Crippen LogP contribution in [0.3, 0.4) is 0 Å². The van der Waals surface area contributed by atoms with E-state index in [-0.39, 0.29) is 36.1 Å². The fraction of sp³-hybridized carbons (Fsp3) is 0.545. The van der Waals surface area contributed by atoms with Crippen LogP contribution in [0, 0.1) is 5.92 Å². The molecule has 3 fully saturated rings. The van der Waals surface area contributed by atoms with E-state index in [0.717, 1.165) is 50.3 Å². The molecule has 0 saturated carbocycles. The molecular weight excluding hydrogens is 631 g/mol. The molecular formula is C33H42Cl2N6O5. The summed E-state index contributed by atoms with van der Waals surface area (Å²) in [5.41, 5.74) is 8.58. The first-order chi connectivity index (χ1) is 22.2. The number of aromatic hydroxyl groups is 1. The highest BCUT2D eigenvalue weighted by Gasteiger charge is 2.36. The highest BCUT2D eigenvalue weighted by molar-refractivity contribution is 6.38. The van der Waals surface area contributed by atoms with Crippen molar-refractivity contribution in [3.05, 3.63) is 51.5 Å². The summed E-state index contributed by atoms with van der Waals surface area (Å²) in [4.78, 5) is 48.6. The lowest BCUT2D eigenvalue weighted by Gasteiger charge is -2.42. The van der Waals surface area contributed by atoms with Crippen LogP contribution in [0.1, 0.15) is 43.2 Å². The molecule has 46 heavy (non-hydrogen) atoms. The number of phenolic OH excluding ortho intramolecular Hbond substituents is 1. The van der Waals surface area contributed by atoms with Gasteiger partial charge >= 0.3 is 6.03 Å². The third kappa shape index (κ3) is 7.33. The third-order valence-corrected chi connectivity index (χ3v) is 10.5. The van der Waals surface area contributed by atoms with Crippen LogP contribution in [0.4, 0.5) is 16.2 Å². The number of amides is 4. The number of nitrogen functional groups attached to an aromatic ring is 1. The summed E-state index contributed by atoms with van der Waals surface area (Å²) in [6.45, 7) is 5.79. The van der Waals surface area contributed by atoms with Gasteiger partial charge in [-0.15, -0.1) is 0 Å². The van der Waals surface area contributed by atoms with E-state index >= 15 is 0 Å². The van der Waals surface area contributed by atoms with Crippen molar-refractivity contribution in [2.75, 3.05) is 63.5 Å². The molecule has 0 radical (unpaired) electrons. The van der Waals surface area contributed by atoms with Gasteiger partial charge in [-0.3, -0.25) is 14.5 Å². The van der Waals surface area contributed by atoms with E-state index < -0.39 is 5.92 Å². The maximum atomic E-state index is 14.0. The molecule has 13 heteroatoms. The molecule has 2 aromatic rings. The van der Waals surface area contributed by atoms with E-state index in [1.165, 1.54) is 0 Å². The molecule has 2 aromatic carbocycles. The van der Waals surface area contributed by atoms with Gasteiger partial charge < -0.3 is 35.6 Å². The molecule has 11 nitrogen and oxygen atoms in total. The minimum Gasteiger partial charge on any atom is -0.508 e. The maximum absolute atomic E-state index is 14.0. The minimum atomic E-state index is -0.576. The molecule has 248 valence electrons. The van der Waals surface area contributed by atoms with Crippen molar-refractivity contribution in [1.29, 1.82) is 0 Å². The van der Waals surface area contributed by atoms with Crippen molar-refractivity contribution in [2.24, 2.45) is 5.92 Å². The van der Waals surface area contributed by atoms with E-state index in [0.29, 0.717) is 79.4 Å². The van der Waals surface area contributed by atoms with E-state index in [1.54, 1.807) is 35.2 Å². The van der Waals surface area contributed by atoms with Gasteiger partial charge in [-0.2, -0.15) is 0 Å². The van der Waals surface area contributed by atoms with Gasteiger partial charge in [0.05, 0.1) is 21.7 Å². The topological polar surface area (TPSA) is 132 Å². The first-order valence-electron chi connectivity index (χ1n) is 16.2. The zero-order valence-electron chi connectivity index (χ0n) is 25.9. The Morgan fingerprint density at radius 2 is 1.61 bits per heavy atom. The average Bonchev–Trinajstić information content (AvgIpc) is 3.07. The number of anilines is 2. The number of nitrogens with one attached hydrogen (secondary N) is 1. The Bertz CT molecular complexity index is 1430. The number of rotatable bonds is 7. The first kappa shape index (κ1) is 32.7. The smallest absolute Gasteiger partial charge is 0.322 e. The van der Waals surface area contributed by atoms with Crippen molar-refractivity contribution in [2.45, 2.75) is 57.2 Å². The molecule has 0 spiro atoms. The summed E-state index contributed by atoms with van der Waals surface area (Å²) >= 11 is 12.7. The molecule has 0 bridgehead atoms. The molecule has 4 aliphatic rings. The van der Waals surface area contributed by atoms with Crippen LogP contribution < -0.4 is 11.1 Å². The SMILES string of the molecule is Nc1c(Cl)cc(C[C@@H](CC(=O)N2CCC(N3Cc4cc(O)ccc4NC3=O)CC2)C(=O)N2CCN(C3CCOCC3)CC2)cc1Cl. The number of piperazine rings is 1. The molecule has 4 amide bonds. The number of likely N-dealkylation sites (tertiary alicyclic amines) is 1. The third-order valence-electron chi connectivity index (χ3n) is 9.91. The van der Waals surface area contributed by atoms with Gasteiger partial charge in [0.15, 0.2) is 0 Å². The molecule has 4 N–H and O–H groups in total. The average molecular weight is 674 g/mol.